The van der Waals surface area contributed by atoms with Crippen molar-refractivity contribution in [1.82, 2.24) is 19.9 Å². The predicted molar refractivity (Wildman–Crippen MR) is 82.3 cm³/mol. The third-order valence-electron chi connectivity index (χ3n) is 3.36. The van der Waals surface area contributed by atoms with E-state index in [-0.39, 0.29) is 0 Å². The Hall–Kier alpha value is -1.71. The molecular weight excluding hydrogens is 272 g/mol. The number of hydrogen-bond donors (Lipinski definition) is 3. The lowest BCUT2D eigenvalue weighted by Crippen LogP contribution is -2.37. The molecule has 0 radical (unpaired) electrons. The van der Waals surface area contributed by atoms with Crippen molar-refractivity contribution in [3.8, 4) is 0 Å². The smallest absolute Gasteiger partial charge is 0.243 e. The van der Waals surface area contributed by atoms with Crippen LogP contribution in [0, 0.1) is 0 Å². The van der Waals surface area contributed by atoms with Crippen molar-refractivity contribution in [3.05, 3.63) is 0 Å². The average Bonchev–Trinajstić information content (AvgIpc) is 2.55. The molecule has 2 heterocycles. The van der Waals surface area contributed by atoms with Gasteiger partial charge >= 0.3 is 0 Å². The van der Waals surface area contributed by atoms with E-state index in [1.165, 1.54) is 0 Å². The van der Waals surface area contributed by atoms with Crippen molar-refractivity contribution in [2.75, 3.05) is 68.6 Å². The van der Waals surface area contributed by atoms with E-state index in [1.807, 2.05) is 0 Å². The molecule has 0 aliphatic carbocycles. The molecule has 0 saturated carbocycles. The van der Waals surface area contributed by atoms with Gasteiger partial charge in [-0.3, -0.25) is 5.43 Å². The van der Waals surface area contributed by atoms with E-state index < -0.39 is 0 Å². The molecule has 1 aliphatic heterocycles. The van der Waals surface area contributed by atoms with Crippen molar-refractivity contribution >= 4 is 17.8 Å². The Kier molecular flexibility index (Phi) is 5.90. The number of nitrogens with one attached hydrogen (secondary N) is 2. The number of anilines is 3. The highest BCUT2D eigenvalue weighted by Gasteiger charge is 2.16. The zero-order valence-corrected chi connectivity index (χ0v) is 12.7. The van der Waals surface area contributed by atoms with Gasteiger partial charge in [-0.2, -0.15) is 15.0 Å². The van der Waals surface area contributed by atoms with Crippen molar-refractivity contribution < 1.29 is 4.74 Å². The zero-order chi connectivity index (χ0) is 15.1. The number of ether oxygens (including phenoxy) is 1. The molecule has 0 spiro atoms. The number of nitrogen functional groups attached to an aromatic ring is 1. The van der Waals surface area contributed by atoms with Gasteiger partial charge in [0.1, 0.15) is 0 Å². The van der Waals surface area contributed by atoms with Crippen LogP contribution in [0.5, 0.6) is 0 Å². The summed E-state index contributed by atoms with van der Waals surface area (Å²) in [6, 6.07) is 0. The summed E-state index contributed by atoms with van der Waals surface area (Å²) in [5, 5.41) is 3.21. The molecule has 1 saturated heterocycles. The molecule has 0 atom stereocenters. The minimum absolute atomic E-state index is 0.359. The molecule has 1 aliphatic rings. The van der Waals surface area contributed by atoms with Crippen LogP contribution in [0.4, 0.5) is 17.8 Å². The molecule has 1 aromatic heterocycles. The number of aromatic nitrogens is 3. The van der Waals surface area contributed by atoms with E-state index in [4.69, 9.17) is 10.6 Å². The van der Waals surface area contributed by atoms with Gasteiger partial charge in [0.2, 0.25) is 17.8 Å². The largest absolute Gasteiger partial charge is 0.378 e. The van der Waals surface area contributed by atoms with Crippen LogP contribution in [0.25, 0.3) is 0 Å². The van der Waals surface area contributed by atoms with Crippen LogP contribution < -0.4 is 21.5 Å². The Morgan fingerprint density at radius 3 is 2.62 bits per heavy atom. The number of nitrogens with two attached hydrogens (primary N) is 1. The van der Waals surface area contributed by atoms with E-state index in [2.05, 4.69) is 49.5 Å². The fourth-order valence-corrected chi connectivity index (χ4v) is 1.93. The summed E-state index contributed by atoms with van der Waals surface area (Å²) in [5.41, 5.74) is 2.49. The van der Waals surface area contributed by atoms with Gasteiger partial charge in [-0.1, -0.05) is 6.92 Å². The van der Waals surface area contributed by atoms with Crippen LogP contribution in [-0.4, -0.2) is 72.8 Å². The molecule has 118 valence electrons. The summed E-state index contributed by atoms with van der Waals surface area (Å²) in [5.74, 6) is 6.94. The normalized spacial score (nSPS) is 15.3. The van der Waals surface area contributed by atoms with E-state index in [9.17, 15) is 0 Å². The number of hydrazine groups is 1. The van der Waals surface area contributed by atoms with Gasteiger partial charge in [-0.25, -0.2) is 5.84 Å². The number of hydrogen-bond acceptors (Lipinski definition) is 9. The Bertz CT molecular complexity index is 437. The fraction of sp³-hybridized carbons (Fsp3) is 0.750. The Morgan fingerprint density at radius 1 is 1.24 bits per heavy atom. The molecule has 1 aromatic rings. The molecule has 0 amide bonds. The monoisotopic (exact) mass is 296 g/mol. The molecular formula is C12H24N8O. The average molecular weight is 296 g/mol. The highest BCUT2D eigenvalue weighted by atomic mass is 16.5. The second kappa shape index (κ2) is 7.91. The standard InChI is InChI=1S/C12H24N8O/c1-3-19(2)5-4-14-10-15-11(18-13)17-12(16-10)20-6-8-21-9-7-20/h3-9,13H2,1-2H3,(H2,14,15,16,17,18). The van der Waals surface area contributed by atoms with Crippen LogP contribution in [0.2, 0.25) is 0 Å². The van der Waals surface area contributed by atoms with Crippen LogP contribution in [0.15, 0.2) is 0 Å². The van der Waals surface area contributed by atoms with E-state index in [0.29, 0.717) is 31.1 Å². The number of rotatable bonds is 7. The molecule has 2 rings (SSSR count). The first-order valence-electron chi connectivity index (χ1n) is 7.20. The second-order valence-corrected chi connectivity index (χ2v) is 4.85. The highest BCUT2D eigenvalue weighted by Crippen LogP contribution is 2.14. The fourth-order valence-electron chi connectivity index (χ4n) is 1.93. The third-order valence-corrected chi connectivity index (χ3v) is 3.36. The van der Waals surface area contributed by atoms with Crippen LogP contribution >= 0.6 is 0 Å². The Balaban J connectivity index is 2.02. The quantitative estimate of drug-likeness (QED) is 0.447. The summed E-state index contributed by atoms with van der Waals surface area (Å²) in [6.45, 7) is 7.71. The topological polar surface area (TPSA) is 104 Å². The lowest BCUT2D eigenvalue weighted by atomic mass is 10.4. The summed E-state index contributed by atoms with van der Waals surface area (Å²) in [4.78, 5) is 17.2. The highest BCUT2D eigenvalue weighted by molar-refractivity contribution is 5.43. The predicted octanol–water partition coefficient (Wildman–Crippen LogP) is -0.643. The van der Waals surface area contributed by atoms with E-state index in [1.54, 1.807) is 0 Å². The van der Waals surface area contributed by atoms with E-state index >= 15 is 0 Å². The van der Waals surface area contributed by atoms with Crippen LogP contribution in [0.3, 0.4) is 0 Å². The maximum Gasteiger partial charge on any atom is 0.243 e. The molecule has 9 heteroatoms. The minimum Gasteiger partial charge on any atom is -0.378 e. The minimum atomic E-state index is 0.359. The van der Waals surface area contributed by atoms with Crippen LogP contribution in [-0.2, 0) is 4.74 Å². The summed E-state index contributed by atoms with van der Waals surface area (Å²) < 4.78 is 5.34. The maximum absolute atomic E-state index is 5.43. The first-order valence-corrected chi connectivity index (χ1v) is 7.20. The number of morpholine rings is 1. The lowest BCUT2D eigenvalue weighted by molar-refractivity contribution is 0.122. The van der Waals surface area contributed by atoms with Gasteiger partial charge in [-0.15, -0.1) is 0 Å². The zero-order valence-electron chi connectivity index (χ0n) is 12.7. The molecule has 9 nitrogen and oxygen atoms in total. The molecule has 1 fully saturated rings. The Labute approximate surface area is 124 Å². The van der Waals surface area contributed by atoms with Gasteiger partial charge in [0, 0.05) is 26.2 Å². The Morgan fingerprint density at radius 2 is 1.95 bits per heavy atom. The SMILES string of the molecule is CCN(C)CCNc1nc(NN)nc(N2CCOCC2)n1. The van der Waals surface area contributed by atoms with Gasteiger partial charge < -0.3 is 19.9 Å². The first kappa shape index (κ1) is 15.7. The number of nitrogens with zero attached hydrogens (tertiary/aromatic N) is 5. The second-order valence-electron chi connectivity index (χ2n) is 4.85. The summed E-state index contributed by atoms with van der Waals surface area (Å²) in [6.07, 6.45) is 0. The lowest BCUT2D eigenvalue weighted by Gasteiger charge is -2.27. The van der Waals surface area contributed by atoms with Crippen molar-refractivity contribution in [2.45, 2.75) is 6.92 Å². The summed E-state index contributed by atoms with van der Waals surface area (Å²) >= 11 is 0. The molecule has 4 N–H and O–H groups in total. The molecule has 0 aromatic carbocycles. The molecule has 0 unspecified atom stereocenters. The van der Waals surface area contributed by atoms with Crippen molar-refractivity contribution in [3.63, 3.8) is 0 Å². The van der Waals surface area contributed by atoms with Gasteiger partial charge in [0.15, 0.2) is 0 Å². The third kappa shape index (κ3) is 4.66. The van der Waals surface area contributed by atoms with Gasteiger partial charge in [-0.05, 0) is 13.6 Å². The van der Waals surface area contributed by atoms with E-state index in [0.717, 1.165) is 32.7 Å². The van der Waals surface area contributed by atoms with Crippen molar-refractivity contribution in [2.24, 2.45) is 5.84 Å². The maximum atomic E-state index is 5.43. The molecule has 21 heavy (non-hydrogen) atoms. The summed E-state index contributed by atoms with van der Waals surface area (Å²) in [7, 11) is 2.07. The van der Waals surface area contributed by atoms with Crippen molar-refractivity contribution in [1.29, 1.82) is 0 Å². The van der Waals surface area contributed by atoms with Crippen LogP contribution in [0.1, 0.15) is 6.92 Å². The van der Waals surface area contributed by atoms with Gasteiger partial charge in [0.05, 0.1) is 13.2 Å². The number of likely N-dealkylation sites (N-methyl/N-ethyl adjacent to an activating group) is 1. The molecule has 0 bridgehead atoms. The first-order chi connectivity index (χ1) is 10.2. The van der Waals surface area contributed by atoms with Gasteiger partial charge in [0.25, 0.3) is 0 Å².